The summed E-state index contributed by atoms with van der Waals surface area (Å²) in [7, 11) is 0. The first-order chi connectivity index (χ1) is 9.03. The van der Waals surface area contributed by atoms with Crippen LogP contribution in [0.4, 0.5) is 0 Å². The van der Waals surface area contributed by atoms with Gasteiger partial charge in [0.1, 0.15) is 0 Å². The molecule has 2 rings (SSSR count). The van der Waals surface area contributed by atoms with Gasteiger partial charge in [-0.1, -0.05) is 6.92 Å². The van der Waals surface area contributed by atoms with E-state index >= 15 is 0 Å². The van der Waals surface area contributed by atoms with Gasteiger partial charge in [-0.3, -0.25) is 4.68 Å². The van der Waals surface area contributed by atoms with E-state index in [1.807, 2.05) is 0 Å². The lowest BCUT2D eigenvalue weighted by atomic mass is 9.79. The summed E-state index contributed by atoms with van der Waals surface area (Å²) in [6, 6.07) is 0.410. The minimum atomic E-state index is -0.113. The summed E-state index contributed by atoms with van der Waals surface area (Å²) in [4.78, 5) is 0. The number of aliphatic hydroxyl groups excluding tert-OH is 1. The highest BCUT2D eigenvalue weighted by Gasteiger charge is 2.36. The van der Waals surface area contributed by atoms with Gasteiger partial charge in [0.2, 0.25) is 0 Å². The van der Waals surface area contributed by atoms with Crippen LogP contribution >= 0.6 is 0 Å². The quantitative estimate of drug-likeness (QED) is 0.878. The zero-order chi connectivity index (χ0) is 14.0. The lowest BCUT2D eigenvalue weighted by Crippen LogP contribution is -2.52. The van der Waals surface area contributed by atoms with Crippen molar-refractivity contribution in [3.8, 4) is 0 Å². The zero-order valence-corrected chi connectivity index (χ0v) is 12.7. The maximum atomic E-state index is 9.77. The van der Waals surface area contributed by atoms with Crippen LogP contribution in [-0.2, 0) is 0 Å². The molecule has 0 saturated heterocycles. The third-order valence-electron chi connectivity index (χ3n) is 4.71. The van der Waals surface area contributed by atoms with Crippen LogP contribution in [0.3, 0.4) is 0 Å². The van der Waals surface area contributed by atoms with E-state index in [0.717, 1.165) is 37.9 Å². The minimum Gasteiger partial charge on any atom is -0.394 e. The Morgan fingerprint density at radius 3 is 2.68 bits per heavy atom. The molecule has 4 nitrogen and oxygen atoms in total. The topological polar surface area (TPSA) is 50.1 Å². The molecule has 2 atom stereocenters. The van der Waals surface area contributed by atoms with Crippen molar-refractivity contribution in [2.24, 2.45) is 0 Å². The first-order valence-electron chi connectivity index (χ1n) is 7.41. The molecule has 1 aliphatic carbocycles. The fraction of sp³-hybridized carbons (Fsp3) is 0.800. The van der Waals surface area contributed by atoms with Gasteiger partial charge in [-0.25, -0.2) is 0 Å². The molecule has 108 valence electrons. The molecule has 2 N–H and O–H groups in total. The number of nitrogens with one attached hydrogen (secondary N) is 1. The number of aliphatic hydroxyl groups is 1. The van der Waals surface area contributed by atoms with Crippen LogP contribution < -0.4 is 5.32 Å². The summed E-state index contributed by atoms with van der Waals surface area (Å²) in [6.45, 7) is 9.59. The van der Waals surface area contributed by atoms with E-state index in [-0.39, 0.29) is 12.1 Å². The van der Waals surface area contributed by atoms with E-state index in [0.29, 0.717) is 6.04 Å². The van der Waals surface area contributed by atoms with Crippen molar-refractivity contribution in [1.82, 2.24) is 15.1 Å². The average Bonchev–Trinajstić information content (AvgIpc) is 2.67. The van der Waals surface area contributed by atoms with Crippen molar-refractivity contribution >= 4 is 0 Å². The van der Waals surface area contributed by atoms with Gasteiger partial charge in [-0.15, -0.1) is 0 Å². The van der Waals surface area contributed by atoms with E-state index < -0.39 is 0 Å². The molecular formula is C15H27N3O. The summed E-state index contributed by atoms with van der Waals surface area (Å²) in [5, 5.41) is 18.0. The van der Waals surface area contributed by atoms with E-state index in [2.05, 4.69) is 37.7 Å². The predicted octanol–water partition coefficient (Wildman–Crippen LogP) is 2.26. The van der Waals surface area contributed by atoms with Crippen LogP contribution in [0.2, 0.25) is 0 Å². The van der Waals surface area contributed by atoms with Crippen LogP contribution in [0.25, 0.3) is 0 Å². The van der Waals surface area contributed by atoms with E-state index in [9.17, 15) is 5.11 Å². The summed E-state index contributed by atoms with van der Waals surface area (Å²) in [5.74, 6) is 0. The highest BCUT2D eigenvalue weighted by molar-refractivity contribution is 5.23. The Morgan fingerprint density at radius 1 is 1.42 bits per heavy atom. The highest BCUT2D eigenvalue weighted by Crippen LogP contribution is 2.36. The fourth-order valence-corrected chi connectivity index (χ4v) is 3.38. The molecule has 2 unspecified atom stereocenters. The first-order valence-corrected chi connectivity index (χ1v) is 7.41. The molecule has 1 fully saturated rings. The SMILES string of the molecule is CCNC1(CO)CCCC(n2nc(C)c(C)c2C)C1. The van der Waals surface area contributed by atoms with Crippen LogP contribution in [0.15, 0.2) is 0 Å². The molecule has 1 aliphatic rings. The molecule has 1 heterocycles. The van der Waals surface area contributed by atoms with Crippen molar-refractivity contribution in [1.29, 1.82) is 0 Å². The second kappa shape index (κ2) is 5.63. The number of hydrogen-bond donors (Lipinski definition) is 2. The second-order valence-electron chi connectivity index (χ2n) is 5.96. The molecule has 0 radical (unpaired) electrons. The summed E-state index contributed by atoms with van der Waals surface area (Å²) < 4.78 is 2.19. The van der Waals surface area contributed by atoms with Gasteiger partial charge in [0.15, 0.2) is 0 Å². The highest BCUT2D eigenvalue weighted by atomic mass is 16.3. The van der Waals surface area contributed by atoms with Gasteiger partial charge in [0, 0.05) is 11.2 Å². The number of likely N-dealkylation sites (N-methyl/N-ethyl adjacent to an activating group) is 1. The third-order valence-corrected chi connectivity index (χ3v) is 4.71. The minimum absolute atomic E-state index is 0.113. The van der Waals surface area contributed by atoms with Crippen LogP contribution in [0.5, 0.6) is 0 Å². The largest absolute Gasteiger partial charge is 0.394 e. The number of aromatic nitrogens is 2. The number of hydrogen-bond acceptors (Lipinski definition) is 3. The third kappa shape index (κ3) is 2.70. The van der Waals surface area contributed by atoms with Gasteiger partial charge < -0.3 is 10.4 Å². The van der Waals surface area contributed by atoms with Gasteiger partial charge in [0.25, 0.3) is 0 Å². The zero-order valence-electron chi connectivity index (χ0n) is 12.7. The molecule has 4 heteroatoms. The number of rotatable bonds is 4. The molecule has 0 spiro atoms. The Hall–Kier alpha value is -0.870. The van der Waals surface area contributed by atoms with Gasteiger partial charge in [-0.2, -0.15) is 5.10 Å². The Balaban J connectivity index is 2.23. The Kier molecular flexibility index (Phi) is 4.31. The molecule has 0 aromatic carbocycles. The molecule has 19 heavy (non-hydrogen) atoms. The smallest absolute Gasteiger partial charge is 0.0625 e. The number of nitrogens with zero attached hydrogens (tertiary/aromatic N) is 2. The van der Waals surface area contributed by atoms with Gasteiger partial charge >= 0.3 is 0 Å². The summed E-state index contributed by atoms with van der Waals surface area (Å²) in [6.07, 6.45) is 4.34. The molecule has 0 aliphatic heterocycles. The van der Waals surface area contributed by atoms with Crippen molar-refractivity contribution in [3.63, 3.8) is 0 Å². The van der Waals surface area contributed by atoms with Crippen molar-refractivity contribution in [2.75, 3.05) is 13.2 Å². The normalized spacial score (nSPS) is 27.7. The Morgan fingerprint density at radius 2 is 2.16 bits per heavy atom. The second-order valence-corrected chi connectivity index (χ2v) is 5.96. The van der Waals surface area contributed by atoms with Crippen LogP contribution in [0, 0.1) is 20.8 Å². The van der Waals surface area contributed by atoms with Crippen LogP contribution in [-0.4, -0.2) is 33.6 Å². The maximum absolute atomic E-state index is 9.77. The first kappa shape index (κ1) is 14.5. The molecule has 0 bridgehead atoms. The maximum Gasteiger partial charge on any atom is 0.0625 e. The van der Waals surface area contributed by atoms with E-state index in [1.165, 1.54) is 11.3 Å². The average molecular weight is 265 g/mol. The predicted molar refractivity (Wildman–Crippen MR) is 77.4 cm³/mol. The molecule has 1 aromatic rings. The lowest BCUT2D eigenvalue weighted by molar-refractivity contribution is 0.0954. The molecule has 0 amide bonds. The monoisotopic (exact) mass is 265 g/mol. The summed E-state index contributed by atoms with van der Waals surface area (Å²) in [5.41, 5.74) is 3.58. The van der Waals surface area contributed by atoms with Crippen molar-refractivity contribution in [2.45, 2.75) is 65.0 Å². The number of aryl methyl sites for hydroxylation is 1. The van der Waals surface area contributed by atoms with Crippen molar-refractivity contribution in [3.05, 3.63) is 17.0 Å². The standard InChI is InChI=1S/C15H27N3O/c1-5-16-15(10-19)8-6-7-14(9-15)18-13(4)11(2)12(3)17-18/h14,16,19H,5-10H2,1-4H3. The van der Waals surface area contributed by atoms with E-state index in [4.69, 9.17) is 5.10 Å². The van der Waals surface area contributed by atoms with Gasteiger partial charge in [0.05, 0.1) is 18.3 Å². The molecule has 1 saturated carbocycles. The van der Waals surface area contributed by atoms with Gasteiger partial charge in [-0.05, 0) is 58.6 Å². The Labute approximate surface area is 116 Å². The lowest BCUT2D eigenvalue weighted by Gasteiger charge is -2.40. The Bertz CT molecular complexity index is 437. The van der Waals surface area contributed by atoms with Crippen molar-refractivity contribution < 1.29 is 5.11 Å². The van der Waals surface area contributed by atoms with E-state index in [1.54, 1.807) is 0 Å². The van der Waals surface area contributed by atoms with Crippen LogP contribution in [0.1, 0.15) is 55.6 Å². The molecular weight excluding hydrogens is 238 g/mol. The molecule has 1 aromatic heterocycles. The summed E-state index contributed by atoms with van der Waals surface area (Å²) >= 11 is 0. The fourth-order valence-electron chi connectivity index (χ4n) is 3.38.